The zero-order valence-corrected chi connectivity index (χ0v) is 16.6. The molecule has 0 spiro atoms. The second-order valence-electron chi connectivity index (χ2n) is 5.20. The Morgan fingerprint density at radius 3 is 2.36 bits per heavy atom. The van der Waals surface area contributed by atoms with Crippen molar-refractivity contribution in [3.63, 3.8) is 0 Å². The smallest absolute Gasteiger partial charge is 0.273 e. The van der Waals surface area contributed by atoms with Crippen LogP contribution in [0.5, 0.6) is 0 Å². The molecule has 3 rings (SSSR count). The van der Waals surface area contributed by atoms with E-state index in [-0.39, 0.29) is 5.69 Å². The molecule has 0 saturated carbocycles. The highest BCUT2D eigenvalue weighted by Crippen LogP contribution is 2.34. The fraction of sp³-hybridized carbons (Fsp3) is 0.0588. The maximum absolute atomic E-state index is 11.7. The summed E-state index contributed by atoms with van der Waals surface area (Å²) in [6.07, 6.45) is 0. The second kappa shape index (κ2) is 7.60. The number of aromatic nitrogens is 2. The van der Waals surface area contributed by atoms with E-state index < -0.39 is 5.24 Å². The lowest BCUT2D eigenvalue weighted by atomic mass is 10.1. The summed E-state index contributed by atoms with van der Waals surface area (Å²) in [4.78, 5) is 12.7. The molecule has 0 N–H and O–H groups in total. The molecular weight excluding hydrogens is 422 g/mol. The molecule has 0 aliphatic heterocycles. The van der Waals surface area contributed by atoms with Crippen LogP contribution in [-0.4, -0.2) is 15.0 Å². The molecule has 2 aromatic carbocycles. The van der Waals surface area contributed by atoms with Crippen LogP contribution in [0.25, 0.3) is 16.9 Å². The molecule has 1 heterocycles. The van der Waals surface area contributed by atoms with E-state index in [1.54, 1.807) is 29.8 Å². The lowest BCUT2D eigenvalue weighted by Gasteiger charge is -2.11. The van der Waals surface area contributed by atoms with Crippen molar-refractivity contribution in [2.45, 2.75) is 11.8 Å². The van der Waals surface area contributed by atoms with E-state index in [1.165, 1.54) is 0 Å². The molecule has 0 aliphatic rings. The molecule has 0 atom stereocenters. The van der Waals surface area contributed by atoms with Gasteiger partial charge < -0.3 is 0 Å². The van der Waals surface area contributed by atoms with Crippen LogP contribution in [0, 0.1) is 6.92 Å². The van der Waals surface area contributed by atoms with Crippen LogP contribution in [0.1, 0.15) is 16.1 Å². The molecule has 1 aromatic heterocycles. The maximum Gasteiger partial charge on any atom is 0.273 e. The minimum Gasteiger partial charge on any atom is -0.274 e. The number of carbonyl (C=O) groups excluding carboxylic acids is 1. The number of benzene rings is 2. The molecule has 3 aromatic rings. The third-order valence-electron chi connectivity index (χ3n) is 3.66. The first-order chi connectivity index (χ1) is 11.9. The van der Waals surface area contributed by atoms with Gasteiger partial charge in [-0.3, -0.25) is 4.79 Å². The molecule has 8 heteroatoms. The summed E-state index contributed by atoms with van der Waals surface area (Å²) < 4.78 is 1.60. The number of halogens is 4. The Hall–Kier alpha value is -1.17. The van der Waals surface area contributed by atoms with Crippen molar-refractivity contribution < 1.29 is 4.79 Å². The Kier molecular flexibility index (Phi) is 5.66. The molecule has 0 unspecified atom stereocenters. The quantitative estimate of drug-likeness (QED) is 0.427. The van der Waals surface area contributed by atoms with Crippen molar-refractivity contribution in [1.29, 1.82) is 0 Å². The van der Waals surface area contributed by atoms with Crippen molar-refractivity contribution in [3.05, 3.63) is 63.8 Å². The Labute approximate surface area is 168 Å². The number of rotatable bonds is 4. The van der Waals surface area contributed by atoms with Gasteiger partial charge in [0.25, 0.3) is 5.24 Å². The molecule has 0 radical (unpaired) electrons. The number of nitrogens with zero attached hydrogens (tertiary/aromatic N) is 2. The van der Waals surface area contributed by atoms with Crippen LogP contribution in [0.2, 0.25) is 10.0 Å². The summed E-state index contributed by atoms with van der Waals surface area (Å²) in [5.41, 5.74) is 3.02. The predicted octanol–water partition coefficient (Wildman–Crippen LogP) is 6.78. The first-order valence-corrected chi connectivity index (χ1v) is 9.84. The van der Waals surface area contributed by atoms with E-state index in [9.17, 15) is 4.79 Å². The topological polar surface area (TPSA) is 34.9 Å². The summed E-state index contributed by atoms with van der Waals surface area (Å²) in [5.74, 6) is 0. The van der Waals surface area contributed by atoms with E-state index >= 15 is 0 Å². The van der Waals surface area contributed by atoms with E-state index in [4.69, 9.17) is 45.5 Å². The fourth-order valence-electron chi connectivity index (χ4n) is 2.51. The van der Waals surface area contributed by atoms with Gasteiger partial charge in [-0.2, -0.15) is 5.10 Å². The van der Waals surface area contributed by atoms with Crippen molar-refractivity contribution in [2.24, 2.45) is 0 Å². The molecule has 128 valence electrons. The van der Waals surface area contributed by atoms with E-state index in [0.717, 1.165) is 27.1 Å². The summed E-state index contributed by atoms with van der Waals surface area (Å²) in [6.45, 7) is 1.79. The van der Waals surface area contributed by atoms with Gasteiger partial charge in [-0.25, -0.2) is 4.68 Å². The normalized spacial score (nSPS) is 10.9. The van der Waals surface area contributed by atoms with Crippen LogP contribution in [-0.2, 0) is 0 Å². The summed E-state index contributed by atoms with van der Waals surface area (Å²) >= 11 is 18.0. The minimum absolute atomic E-state index is 0.179. The van der Waals surface area contributed by atoms with Crippen molar-refractivity contribution >= 4 is 61.7 Å². The number of hydrogen-bond acceptors (Lipinski definition) is 3. The molecule has 0 bridgehead atoms. The molecule has 25 heavy (non-hydrogen) atoms. The van der Waals surface area contributed by atoms with Crippen molar-refractivity contribution in [2.75, 3.05) is 0 Å². The SMILES string of the molecule is Cc1c(C(=O)Cl)nn(-c2ccc(Cl)cc2Cl)c1-c1ccc(SCl)cc1. The number of carbonyl (C=O) groups is 1. The van der Waals surface area contributed by atoms with Gasteiger partial charge in [0.05, 0.1) is 16.4 Å². The zero-order chi connectivity index (χ0) is 18.1. The predicted molar refractivity (Wildman–Crippen MR) is 106 cm³/mol. The fourth-order valence-corrected chi connectivity index (χ4v) is 3.73. The Morgan fingerprint density at radius 2 is 1.80 bits per heavy atom. The third-order valence-corrected chi connectivity index (χ3v) is 5.36. The molecule has 0 aliphatic carbocycles. The Balaban J connectivity index is 2.26. The number of hydrogen-bond donors (Lipinski definition) is 0. The van der Waals surface area contributed by atoms with Gasteiger partial charge in [0, 0.05) is 21.0 Å². The molecule has 0 amide bonds. The minimum atomic E-state index is -0.629. The van der Waals surface area contributed by atoms with Crippen LogP contribution in [0.3, 0.4) is 0 Å². The van der Waals surface area contributed by atoms with Crippen LogP contribution in [0.15, 0.2) is 47.4 Å². The highest BCUT2D eigenvalue weighted by atomic mass is 35.7. The van der Waals surface area contributed by atoms with Crippen LogP contribution >= 0.6 is 56.5 Å². The lowest BCUT2D eigenvalue weighted by molar-refractivity contribution is 0.107. The molecular formula is C17H10Cl4N2OS. The summed E-state index contributed by atoms with van der Waals surface area (Å²) in [7, 11) is 6.90. The van der Waals surface area contributed by atoms with E-state index in [0.29, 0.717) is 21.3 Å². The van der Waals surface area contributed by atoms with Gasteiger partial charge in [-0.05, 0) is 70.5 Å². The average molecular weight is 432 g/mol. The van der Waals surface area contributed by atoms with Gasteiger partial charge >= 0.3 is 0 Å². The van der Waals surface area contributed by atoms with Gasteiger partial charge in [0.15, 0.2) is 0 Å². The first kappa shape index (κ1) is 18.6. The van der Waals surface area contributed by atoms with Crippen molar-refractivity contribution in [3.8, 4) is 16.9 Å². The molecule has 3 nitrogen and oxygen atoms in total. The average Bonchev–Trinajstić information content (AvgIpc) is 2.92. The highest BCUT2D eigenvalue weighted by molar-refractivity contribution is 8.21. The Morgan fingerprint density at radius 1 is 1.12 bits per heavy atom. The maximum atomic E-state index is 11.7. The first-order valence-electron chi connectivity index (χ1n) is 7.06. The zero-order valence-electron chi connectivity index (χ0n) is 12.8. The van der Waals surface area contributed by atoms with E-state index in [2.05, 4.69) is 5.10 Å². The summed E-state index contributed by atoms with van der Waals surface area (Å²) in [6, 6.07) is 12.6. The standard InChI is InChI=1S/C17H10Cl4N2OS/c1-9-15(17(20)24)22-23(14-7-4-11(18)8-13(14)19)16(9)10-2-5-12(25-21)6-3-10/h2-8H,1H3. The second-order valence-corrected chi connectivity index (χ2v) is 7.48. The molecule has 0 fully saturated rings. The monoisotopic (exact) mass is 430 g/mol. The van der Waals surface area contributed by atoms with Crippen LogP contribution < -0.4 is 0 Å². The summed E-state index contributed by atoms with van der Waals surface area (Å²) in [5, 5.41) is 4.66. The van der Waals surface area contributed by atoms with Gasteiger partial charge in [-0.1, -0.05) is 35.3 Å². The van der Waals surface area contributed by atoms with Gasteiger partial charge in [0.1, 0.15) is 5.69 Å². The van der Waals surface area contributed by atoms with Crippen LogP contribution in [0.4, 0.5) is 0 Å². The third kappa shape index (κ3) is 3.69. The van der Waals surface area contributed by atoms with E-state index in [1.807, 2.05) is 24.3 Å². The molecule has 0 saturated heterocycles. The highest BCUT2D eigenvalue weighted by Gasteiger charge is 2.22. The Bertz CT molecular complexity index is 954. The van der Waals surface area contributed by atoms with Crippen molar-refractivity contribution in [1.82, 2.24) is 9.78 Å². The lowest BCUT2D eigenvalue weighted by Crippen LogP contribution is -2.01. The van der Waals surface area contributed by atoms with Gasteiger partial charge in [0.2, 0.25) is 0 Å². The van der Waals surface area contributed by atoms with Gasteiger partial charge in [-0.15, -0.1) is 0 Å². The largest absolute Gasteiger partial charge is 0.274 e.